The monoisotopic (exact) mass is 599 g/mol. The summed E-state index contributed by atoms with van der Waals surface area (Å²) in [6.07, 6.45) is 6.36. The van der Waals surface area contributed by atoms with Gasteiger partial charge in [-0.15, -0.1) is 5.01 Å². The Hall–Kier alpha value is -5.31. The predicted octanol–water partition coefficient (Wildman–Crippen LogP) is 5.42. The number of benzene rings is 4. The first-order valence-electron chi connectivity index (χ1n) is 14.9. The van der Waals surface area contributed by atoms with Gasteiger partial charge in [-0.25, -0.2) is 0 Å². The van der Waals surface area contributed by atoms with Crippen LogP contribution in [-0.2, 0) is 15.2 Å². The highest BCUT2D eigenvalue weighted by molar-refractivity contribution is 6.10. The number of quaternary nitrogens is 1. The van der Waals surface area contributed by atoms with Crippen molar-refractivity contribution in [3.63, 3.8) is 0 Å². The second-order valence-electron chi connectivity index (χ2n) is 11.4. The zero-order valence-corrected chi connectivity index (χ0v) is 25.2. The van der Waals surface area contributed by atoms with Crippen LogP contribution in [0, 0.1) is 0 Å². The molecule has 4 aromatic carbocycles. The molecule has 8 nitrogen and oxygen atoms in total. The minimum absolute atomic E-state index is 0.174. The van der Waals surface area contributed by atoms with Gasteiger partial charge in [0.05, 0.1) is 6.54 Å². The van der Waals surface area contributed by atoms with Crippen molar-refractivity contribution in [3.8, 4) is 0 Å². The zero-order valence-electron chi connectivity index (χ0n) is 25.2. The summed E-state index contributed by atoms with van der Waals surface area (Å²) in [4.78, 5) is 48.6. The molecule has 2 unspecified atom stereocenters. The molecule has 226 valence electrons. The molecule has 0 spiro atoms. The maximum absolute atomic E-state index is 14.9. The Bertz CT molecular complexity index is 1770. The molecule has 4 aromatic rings. The summed E-state index contributed by atoms with van der Waals surface area (Å²) >= 11 is 0. The number of anilines is 1. The first kappa shape index (κ1) is 29.7. The molecule has 2 aliphatic rings. The van der Waals surface area contributed by atoms with E-state index in [4.69, 9.17) is 4.84 Å². The number of rotatable bonds is 9. The van der Waals surface area contributed by atoms with E-state index in [0.29, 0.717) is 28.8 Å². The van der Waals surface area contributed by atoms with Crippen molar-refractivity contribution in [1.82, 2.24) is 10.6 Å². The average molecular weight is 600 g/mol. The number of nitrogens with zero attached hydrogens (tertiary/aromatic N) is 2. The highest BCUT2D eigenvalue weighted by Gasteiger charge is 2.58. The summed E-state index contributed by atoms with van der Waals surface area (Å²) in [7, 11) is 3.60. The topological polar surface area (TPSA) is 87.7 Å². The fourth-order valence-electron chi connectivity index (χ4n) is 5.98. The minimum atomic E-state index is -1.61. The Morgan fingerprint density at radius 2 is 1.40 bits per heavy atom. The van der Waals surface area contributed by atoms with Gasteiger partial charge in [-0.1, -0.05) is 108 Å². The number of hydroxylamine groups is 2. The molecule has 3 amide bonds. The third-order valence-corrected chi connectivity index (χ3v) is 8.15. The molecular formula is C37H35N4O4+. The standard InChI is InChI=1S/C37H34N4O4/c1-41(2,45-33-25-15-12-22-30(33)27-16-6-3-7-17-27)40-32-24-14-13-23-31(32)37(36(40)44,39-35(43)29-20-10-5-11-21-29)26-38-34(42)28-18-8-4-9-19-28/h3-24,33H,25-26H2,1-2H3,(H-,38,39,42,43)/p+1. The van der Waals surface area contributed by atoms with Crippen molar-refractivity contribution in [2.24, 2.45) is 0 Å². The van der Waals surface area contributed by atoms with E-state index in [1.807, 2.05) is 85.0 Å². The lowest BCUT2D eigenvalue weighted by Gasteiger charge is -2.39. The fraction of sp³-hybridized carbons (Fsp3) is 0.162. The maximum atomic E-state index is 14.9. The number of hydrogen-bond acceptors (Lipinski definition) is 4. The van der Waals surface area contributed by atoms with E-state index in [1.165, 1.54) is 0 Å². The molecule has 1 aliphatic heterocycles. The van der Waals surface area contributed by atoms with Gasteiger partial charge < -0.3 is 10.6 Å². The normalized spacial score (nSPS) is 19.1. The van der Waals surface area contributed by atoms with Crippen LogP contribution in [0.5, 0.6) is 0 Å². The first-order chi connectivity index (χ1) is 21.8. The second kappa shape index (κ2) is 12.4. The summed E-state index contributed by atoms with van der Waals surface area (Å²) < 4.78 is -0.284. The summed E-state index contributed by atoms with van der Waals surface area (Å²) in [5.41, 5.74) is 2.40. The van der Waals surface area contributed by atoms with Crippen LogP contribution in [0.1, 0.15) is 38.3 Å². The lowest BCUT2D eigenvalue weighted by molar-refractivity contribution is -1.08. The van der Waals surface area contributed by atoms with Crippen molar-refractivity contribution in [2.75, 3.05) is 25.6 Å². The number of carbonyl (C=O) groups excluding carboxylic acids is 3. The number of amides is 3. The number of fused-ring (bicyclic) bond motifs is 1. The van der Waals surface area contributed by atoms with E-state index in [1.54, 1.807) is 67.6 Å². The molecule has 6 rings (SSSR count). The molecular weight excluding hydrogens is 564 g/mol. The Kier molecular flexibility index (Phi) is 8.17. The Morgan fingerprint density at radius 3 is 2.07 bits per heavy atom. The van der Waals surface area contributed by atoms with Crippen LogP contribution in [0.15, 0.2) is 133 Å². The third kappa shape index (κ3) is 5.81. The van der Waals surface area contributed by atoms with Crippen molar-refractivity contribution >= 4 is 29.0 Å². The van der Waals surface area contributed by atoms with E-state index in [-0.39, 0.29) is 23.3 Å². The zero-order chi connectivity index (χ0) is 31.4. The highest BCUT2D eigenvalue weighted by Crippen LogP contribution is 2.43. The number of carbonyl (C=O) groups is 3. The maximum Gasteiger partial charge on any atom is 0.308 e. The van der Waals surface area contributed by atoms with Crippen molar-refractivity contribution in [1.29, 1.82) is 0 Å². The van der Waals surface area contributed by atoms with Crippen LogP contribution in [0.25, 0.3) is 5.57 Å². The van der Waals surface area contributed by atoms with E-state index in [2.05, 4.69) is 10.6 Å². The van der Waals surface area contributed by atoms with Crippen LogP contribution < -0.4 is 15.6 Å². The lowest BCUT2D eigenvalue weighted by Crippen LogP contribution is -2.65. The molecule has 0 saturated carbocycles. The number of allylic oxidation sites excluding steroid dienone is 2. The Balaban J connectivity index is 1.37. The molecule has 1 heterocycles. The molecule has 0 fully saturated rings. The number of para-hydroxylation sites is 1. The molecule has 0 radical (unpaired) electrons. The largest absolute Gasteiger partial charge is 0.349 e. The smallest absolute Gasteiger partial charge is 0.308 e. The minimum Gasteiger partial charge on any atom is -0.349 e. The van der Waals surface area contributed by atoms with Gasteiger partial charge in [-0.2, -0.15) is 4.84 Å². The van der Waals surface area contributed by atoms with E-state index in [0.717, 1.165) is 11.1 Å². The van der Waals surface area contributed by atoms with Crippen molar-refractivity contribution in [3.05, 3.63) is 156 Å². The van der Waals surface area contributed by atoms with Crippen molar-refractivity contribution in [2.45, 2.75) is 18.1 Å². The fourth-order valence-corrected chi connectivity index (χ4v) is 5.98. The molecule has 1 aliphatic carbocycles. The Labute approximate surface area is 262 Å². The van der Waals surface area contributed by atoms with Crippen LogP contribution in [0.3, 0.4) is 0 Å². The van der Waals surface area contributed by atoms with Gasteiger partial charge in [0.1, 0.15) is 25.9 Å². The van der Waals surface area contributed by atoms with E-state index < -0.39 is 17.4 Å². The molecule has 8 heteroatoms. The number of nitrogens with one attached hydrogen (secondary N) is 2. The third-order valence-electron chi connectivity index (χ3n) is 8.15. The van der Waals surface area contributed by atoms with Gasteiger partial charge >= 0.3 is 5.91 Å². The van der Waals surface area contributed by atoms with Crippen LogP contribution >= 0.6 is 0 Å². The van der Waals surface area contributed by atoms with E-state index in [9.17, 15) is 14.4 Å². The number of hydrogen-bond donors (Lipinski definition) is 2. The van der Waals surface area contributed by atoms with Crippen molar-refractivity contribution < 1.29 is 24.0 Å². The summed E-state index contributed by atoms with van der Waals surface area (Å²) in [5.74, 6) is -1.22. The van der Waals surface area contributed by atoms with E-state index >= 15 is 0 Å². The summed E-state index contributed by atoms with van der Waals surface area (Å²) in [5, 5.41) is 7.51. The predicted molar refractivity (Wildman–Crippen MR) is 173 cm³/mol. The molecule has 0 bridgehead atoms. The molecule has 2 atom stereocenters. The van der Waals surface area contributed by atoms with Gasteiger partial charge in [0.15, 0.2) is 5.54 Å². The first-order valence-corrected chi connectivity index (χ1v) is 14.9. The molecule has 0 saturated heterocycles. The molecule has 2 N–H and O–H groups in total. The molecule has 0 aromatic heterocycles. The van der Waals surface area contributed by atoms with Gasteiger partial charge in [-0.3, -0.25) is 14.4 Å². The lowest BCUT2D eigenvalue weighted by atomic mass is 9.90. The van der Waals surface area contributed by atoms with Crippen LogP contribution in [-0.4, -0.2) is 49.2 Å². The van der Waals surface area contributed by atoms with Gasteiger partial charge in [0.25, 0.3) is 11.8 Å². The summed E-state index contributed by atoms with van der Waals surface area (Å²) in [6, 6.07) is 34.8. The average Bonchev–Trinajstić information content (AvgIpc) is 3.32. The van der Waals surface area contributed by atoms with Gasteiger partial charge in [0.2, 0.25) is 0 Å². The van der Waals surface area contributed by atoms with Gasteiger partial charge in [-0.05, 0) is 41.5 Å². The summed E-state index contributed by atoms with van der Waals surface area (Å²) in [6.45, 7) is -0.174. The second-order valence-corrected chi connectivity index (χ2v) is 11.4. The quantitative estimate of drug-likeness (QED) is 0.199. The van der Waals surface area contributed by atoms with Gasteiger partial charge in [0, 0.05) is 23.1 Å². The molecule has 45 heavy (non-hydrogen) atoms. The highest BCUT2D eigenvalue weighted by atomic mass is 16.8. The van der Waals surface area contributed by atoms with Crippen LogP contribution in [0.2, 0.25) is 0 Å². The SMILES string of the molecule is C[N+](C)(OC1CC=CC=C1c1ccccc1)N1C(=O)C(CNC(=O)c2ccccc2)(NC(=O)c2ccccc2)c2ccccc21. The van der Waals surface area contributed by atoms with Crippen LogP contribution in [0.4, 0.5) is 5.69 Å². The Morgan fingerprint density at radius 1 is 0.822 bits per heavy atom.